The molecule has 0 radical (unpaired) electrons. The van der Waals surface area contributed by atoms with Crippen LogP contribution in [0.1, 0.15) is 11.3 Å². The van der Waals surface area contributed by atoms with E-state index in [0.717, 1.165) is 54.0 Å². The Morgan fingerprint density at radius 2 is 2.00 bits per heavy atom. The summed E-state index contributed by atoms with van der Waals surface area (Å²) in [5.41, 5.74) is 3.27. The number of rotatable bonds is 3. The van der Waals surface area contributed by atoms with Crippen LogP contribution in [0.4, 0.5) is 10.1 Å². The summed E-state index contributed by atoms with van der Waals surface area (Å²) in [6.45, 7) is 5.41. The number of nitrogens with zero attached hydrogens (tertiary/aromatic N) is 3. The fourth-order valence-corrected chi connectivity index (χ4v) is 3.20. The maximum absolute atomic E-state index is 13.9. The molecule has 5 nitrogen and oxygen atoms in total. The van der Waals surface area contributed by atoms with Gasteiger partial charge in [-0.25, -0.2) is 4.39 Å². The molecule has 0 spiro atoms. The van der Waals surface area contributed by atoms with Gasteiger partial charge in [-0.05, 0) is 32.2 Å². The Morgan fingerprint density at radius 3 is 2.67 bits per heavy atom. The molecule has 0 N–H and O–H groups in total. The minimum atomic E-state index is -0.314. The standard InChI is InChI=1S/C18H22FN3O2/c1-12-14(11-17(23)24-3)18(22-8-6-21(2)7-9-22)15-10-13(19)4-5-16(15)20-12/h4-5,10H,6-9,11H2,1-3H3. The van der Waals surface area contributed by atoms with Crippen molar-refractivity contribution in [2.75, 3.05) is 45.2 Å². The van der Waals surface area contributed by atoms with Crippen LogP contribution >= 0.6 is 0 Å². The van der Waals surface area contributed by atoms with Gasteiger partial charge in [0.2, 0.25) is 0 Å². The number of carbonyl (C=O) groups excluding carboxylic acids is 1. The van der Waals surface area contributed by atoms with Crippen LogP contribution in [-0.4, -0.2) is 56.2 Å². The van der Waals surface area contributed by atoms with Gasteiger partial charge in [0.25, 0.3) is 0 Å². The maximum Gasteiger partial charge on any atom is 0.310 e. The van der Waals surface area contributed by atoms with E-state index in [2.05, 4.69) is 21.8 Å². The molecule has 1 fully saturated rings. The largest absolute Gasteiger partial charge is 0.469 e. The number of aromatic nitrogens is 1. The summed E-state index contributed by atoms with van der Waals surface area (Å²) in [7, 11) is 3.46. The minimum Gasteiger partial charge on any atom is -0.469 e. The van der Waals surface area contributed by atoms with Gasteiger partial charge in [0.05, 0.1) is 24.7 Å². The summed E-state index contributed by atoms with van der Waals surface area (Å²) in [6.07, 6.45) is 0.142. The Labute approximate surface area is 141 Å². The van der Waals surface area contributed by atoms with Crippen molar-refractivity contribution in [3.05, 3.63) is 35.3 Å². The third-order valence-electron chi connectivity index (χ3n) is 4.59. The molecular weight excluding hydrogens is 309 g/mol. The van der Waals surface area contributed by atoms with E-state index in [-0.39, 0.29) is 18.2 Å². The first-order valence-corrected chi connectivity index (χ1v) is 8.08. The number of halogens is 1. The van der Waals surface area contributed by atoms with Crippen molar-refractivity contribution < 1.29 is 13.9 Å². The first-order valence-electron chi connectivity index (χ1n) is 8.08. The molecule has 1 aromatic carbocycles. The lowest BCUT2D eigenvalue weighted by Crippen LogP contribution is -2.45. The van der Waals surface area contributed by atoms with E-state index >= 15 is 0 Å². The molecule has 1 saturated heterocycles. The van der Waals surface area contributed by atoms with Crippen LogP contribution in [0.5, 0.6) is 0 Å². The summed E-state index contributed by atoms with van der Waals surface area (Å²) in [5, 5.41) is 0.754. The molecule has 1 aliphatic rings. The van der Waals surface area contributed by atoms with Crippen molar-refractivity contribution in [1.29, 1.82) is 0 Å². The van der Waals surface area contributed by atoms with Crippen LogP contribution in [0, 0.1) is 12.7 Å². The Kier molecular flexibility index (Phi) is 4.66. The van der Waals surface area contributed by atoms with E-state index in [4.69, 9.17) is 4.74 Å². The van der Waals surface area contributed by atoms with Gasteiger partial charge >= 0.3 is 5.97 Å². The zero-order valence-electron chi connectivity index (χ0n) is 14.3. The second-order valence-corrected chi connectivity index (χ2v) is 6.23. The van der Waals surface area contributed by atoms with E-state index < -0.39 is 0 Å². The number of hydrogen-bond acceptors (Lipinski definition) is 5. The van der Waals surface area contributed by atoms with Crippen molar-refractivity contribution in [2.45, 2.75) is 13.3 Å². The highest BCUT2D eigenvalue weighted by molar-refractivity contribution is 5.95. The van der Waals surface area contributed by atoms with E-state index in [1.165, 1.54) is 19.2 Å². The lowest BCUT2D eigenvalue weighted by atomic mass is 10.0. The van der Waals surface area contributed by atoms with Crippen molar-refractivity contribution in [1.82, 2.24) is 9.88 Å². The zero-order valence-corrected chi connectivity index (χ0v) is 14.3. The first-order chi connectivity index (χ1) is 11.5. The number of ether oxygens (including phenoxy) is 1. The van der Waals surface area contributed by atoms with Crippen molar-refractivity contribution in [3.8, 4) is 0 Å². The smallest absolute Gasteiger partial charge is 0.310 e. The summed E-state index contributed by atoms with van der Waals surface area (Å²) in [6, 6.07) is 4.62. The van der Waals surface area contributed by atoms with Gasteiger partial charge in [0, 0.05) is 42.8 Å². The average Bonchev–Trinajstić information content (AvgIpc) is 2.57. The molecule has 0 saturated carbocycles. The first kappa shape index (κ1) is 16.6. The highest BCUT2D eigenvalue weighted by Crippen LogP contribution is 2.33. The Balaban J connectivity index is 2.17. The van der Waals surface area contributed by atoms with Gasteiger partial charge in [0.15, 0.2) is 0 Å². The third kappa shape index (κ3) is 3.19. The topological polar surface area (TPSA) is 45.7 Å². The van der Waals surface area contributed by atoms with Crippen LogP contribution < -0.4 is 4.90 Å². The van der Waals surface area contributed by atoms with E-state index in [0.29, 0.717) is 0 Å². The van der Waals surface area contributed by atoms with Crippen LogP contribution in [-0.2, 0) is 16.0 Å². The fourth-order valence-electron chi connectivity index (χ4n) is 3.20. The van der Waals surface area contributed by atoms with Crippen molar-refractivity contribution in [3.63, 3.8) is 0 Å². The summed E-state index contributed by atoms with van der Waals surface area (Å²) < 4.78 is 18.7. The van der Waals surface area contributed by atoms with E-state index in [9.17, 15) is 9.18 Å². The number of pyridine rings is 1. The molecular formula is C18H22FN3O2. The molecule has 6 heteroatoms. The van der Waals surface area contributed by atoms with Gasteiger partial charge in [-0.15, -0.1) is 0 Å². The lowest BCUT2D eigenvalue weighted by Gasteiger charge is -2.36. The molecule has 0 aliphatic carbocycles. The summed E-state index contributed by atoms with van der Waals surface area (Å²) >= 11 is 0. The maximum atomic E-state index is 13.9. The molecule has 1 aromatic heterocycles. The molecule has 128 valence electrons. The van der Waals surface area contributed by atoms with Gasteiger partial charge < -0.3 is 14.5 Å². The van der Waals surface area contributed by atoms with E-state index in [1.807, 2.05) is 6.92 Å². The number of methoxy groups -OCH3 is 1. The number of anilines is 1. The predicted octanol–water partition coefficient (Wildman–Crippen LogP) is 2.15. The lowest BCUT2D eigenvalue weighted by molar-refractivity contribution is -0.139. The SMILES string of the molecule is COC(=O)Cc1c(C)nc2ccc(F)cc2c1N1CCN(C)CC1. The number of esters is 1. The van der Waals surface area contributed by atoms with Crippen molar-refractivity contribution in [2.24, 2.45) is 0 Å². The second kappa shape index (κ2) is 6.73. The molecule has 1 aliphatic heterocycles. The van der Waals surface area contributed by atoms with Crippen molar-refractivity contribution >= 4 is 22.6 Å². The normalized spacial score (nSPS) is 15.8. The van der Waals surface area contributed by atoms with Crippen LogP contribution in [0.15, 0.2) is 18.2 Å². The highest BCUT2D eigenvalue weighted by atomic mass is 19.1. The summed E-state index contributed by atoms with van der Waals surface area (Å²) in [4.78, 5) is 20.9. The number of carbonyl (C=O) groups is 1. The van der Waals surface area contributed by atoms with Crippen LogP contribution in [0.25, 0.3) is 10.9 Å². The molecule has 0 atom stereocenters. The molecule has 0 bridgehead atoms. The Bertz CT molecular complexity index is 770. The minimum absolute atomic E-state index is 0.142. The molecule has 3 rings (SSSR count). The molecule has 0 amide bonds. The number of benzene rings is 1. The molecule has 2 aromatic rings. The molecule has 24 heavy (non-hydrogen) atoms. The number of piperazine rings is 1. The number of fused-ring (bicyclic) bond motifs is 1. The van der Waals surface area contributed by atoms with Gasteiger partial charge in [0.1, 0.15) is 5.82 Å². The monoisotopic (exact) mass is 331 g/mol. The molecule has 0 unspecified atom stereocenters. The Morgan fingerprint density at radius 1 is 1.29 bits per heavy atom. The Hall–Kier alpha value is -2.21. The number of aryl methyl sites for hydroxylation is 1. The van der Waals surface area contributed by atoms with Gasteiger partial charge in [-0.3, -0.25) is 9.78 Å². The molecule has 2 heterocycles. The second-order valence-electron chi connectivity index (χ2n) is 6.23. The highest BCUT2D eigenvalue weighted by Gasteiger charge is 2.23. The van der Waals surface area contributed by atoms with Crippen LogP contribution in [0.3, 0.4) is 0 Å². The predicted molar refractivity (Wildman–Crippen MR) is 91.9 cm³/mol. The van der Waals surface area contributed by atoms with E-state index in [1.54, 1.807) is 6.07 Å². The van der Waals surface area contributed by atoms with Gasteiger partial charge in [-0.1, -0.05) is 0 Å². The number of likely N-dealkylation sites (N-methyl/N-ethyl adjacent to an activating group) is 1. The average molecular weight is 331 g/mol. The van der Waals surface area contributed by atoms with Crippen LogP contribution in [0.2, 0.25) is 0 Å². The summed E-state index contributed by atoms with van der Waals surface area (Å²) in [5.74, 6) is -0.612. The zero-order chi connectivity index (χ0) is 17.3. The third-order valence-corrected chi connectivity index (χ3v) is 4.59. The fraction of sp³-hybridized carbons (Fsp3) is 0.444. The quantitative estimate of drug-likeness (QED) is 0.807. The van der Waals surface area contributed by atoms with Gasteiger partial charge in [-0.2, -0.15) is 0 Å². The number of hydrogen-bond donors (Lipinski definition) is 0.